The van der Waals surface area contributed by atoms with Gasteiger partial charge in [0.05, 0.1) is 46.2 Å². The van der Waals surface area contributed by atoms with E-state index in [2.05, 4.69) is 13.2 Å². The number of hydrogen-bond acceptors (Lipinski definition) is 9. The van der Waals surface area contributed by atoms with E-state index < -0.39 is 58.2 Å². The lowest BCUT2D eigenvalue weighted by Crippen LogP contribution is -2.38. The van der Waals surface area contributed by atoms with E-state index in [0.29, 0.717) is 22.3 Å². The van der Waals surface area contributed by atoms with E-state index in [1.807, 2.05) is 0 Å². The zero-order valence-electron chi connectivity index (χ0n) is 26.0. The Labute approximate surface area is 270 Å². The molecule has 3 aromatic rings. The van der Waals surface area contributed by atoms with Gasteiger partial charge in [-0.25, -0.2) is 18.0 Å². The van der Waals surface area contributed by atoms with Gasteiger partial charge in [0.15, 0.2) is 9.84 Å². The van der Waals surface area contributed by atoms with E-state index in [1.165, 1.54) is 19.2 Å². The van der Waals surface area contributed by atoms with Gasteiger partial charge in [-0.1, -0.05) is 73.3 Å². The van der Waals surface area contributed by atoms with Gasteiger partial charge in [0.25, 0.3) is 0 Å². The molecule has 0 radical (unpaired) electrons. The number of ether oxygens (including phenoxy) is 4. The Hall–Kier alpha value is -4.09. The molecule has 1 N–H and O–H groups in total. The molecular weight excluding hydrogens is 608 g/mol. The number of carbonyl (C=O) groups excluding carboxylic acids is 2. The predicted octanol–water partition coefficient (Wildman–Crippen LogP) is 5.21. The molecule has 1 fully saturated rings. The topological polar surface area (TPSA) is 125 Å². The van der Waals surface area contributed by atoms with Crippen molar-refractivity contribution in [1.29, 1.82) is 0 Å². The molecule has 0 saturated carbocycles. The van der Waals surface area contributed by atoms with Crippen LogP contribution < -0.4 is 0 Å². The zero-order chi connectivity index (χ0) is 33.3. The highest BCUT2D eigenvalue weighted by Crippen LogP contribution is 2.37. The predicted molar refractivity (Wildman–Crippen MR) is 173 cm³/mol. The van der Waals surface area contributed by atoms with E-state index in [9.17, 15) is 23.1 Å². The molecule has 1 saturated heterocycles. The molecule has 0 amide bonds. The van der Waals surface area contributed by atoms with Gasteiger partial charge >= 0.3 is 11.9 Å². The Kier molecular flexibility index (Phi) is 12.1. The second-order valence-corrected chi connectivity index (χ2v) is 13.4. The van der Waals surface area contributed by atoms with E-state index in [0.717, 1.165) is 0 Å². The second-order valence-electron chi connectivity index (χ2n) is 11.3. The first-order valence-corrected chi connectivity index (χ1v) is 16.6. The van der Waals surface area contributed by atoms with Gasteiger partial charge in [0.2, 0.25) is 0 Å². The normalized spacial score (nSPS) is 20.8. The lowest BCUT2D eigenvalue weighted by Gasteiger charge is -2.26. The molecule has 46 heavy (non-hydrogen) atoms. The van der Waals surface area contributed by atoms with E-state index in [-0.39, 0.29) is 30.1 Å². The maximum absolute atomic E-state index is 13.5. The Bertz CT molecular complexity index is 1590. The lowest BCUT2D eigenvalue weighted by molar-refractivity contribution is -0.0560. The fraction of sp³-hybridized carbons (Fsp3) is 0.333. The van der Waals surface area contributed by atoms with E-state index >= 15 is 0 Å². The Balaban J connectivity index is 1.60. The van der Waals surface area contributed by atoms with Crippen LogP contribution in [0.15, 0.2) is 120 Å². The summed E-state index contributed by atoms with van der Waals surface area (Å²) in [7, 11) is -2.33. The van der Waals surface area contributed by atoms with Crippen molar-refractivity contribution in [3.63, 3.8) is 0 Å². The third-order valence-corrected chi connectivity index (χ3v) is 9.81. The average Bonchev–Trinajstić information content (AvgIpc) is 3.37. The summed E-state index contributed by atoms with van der Waals surface area (Å²) in [6.45, 7) is 9.21. The Morgan fingerprint density at radius 1 is 0.848 bits per heavy atom. The molecule has 9 nitrogen and oxygen atoms in total. The smallest absolute Gasteiger partial charge is 0.338 e. The molecule has 10 heteroatoms. The summed E-state index contributed by atoms with van der Waals surface area (Å²) in [5.74, 6) is -2.24. The van der Waals surface area contributed by atoms with Crippen LogP contribution in [0.1, 0.15) is 40.5 Å². The first-order valence-electron chi connectivity index (χ1n) is 15.0. The van der Waals surface area contributed by atoms with Crippen LogP contribution in [0.5, 0.6) is 0 Å². The molecule has 1 aliphatic heterocycles. The molecule has 1 aliphatic rings. The van der Waals surface area contributed by atoms with Crippen molar-refractivity contribution in [2.75, 3.05) is 19.5 Å². The number of sulfone groups is 1. The van der Waals surface area contributed by atoms with Crippen molar-refractivity contribution < 1.29 is 42.1 Å². The number of aliphatic hydroxyl groups excluding tert-OH is 1. The highest BCUT2D eigenvalue weighted by Gasteiger charge is 2.48. The quantitative estimate of drug-likeness (QED) is 0.175. The SMILES string of the molecule is C=C(C)C(=C)[C@@H](O)C[C@@H]1O[C@H](C[C@@H](COC(=O)c2ccccc2)OC(=O)c2ccccc2)[C@H](OC)[C@H]1CS(=O)(=O)c1ccccc1. The highest BCUT2D eigenvalue weighted by molar-refractivity contribution is 7.91. The molecular formula is C36H40O9S. The Morgan fingerprint density at radius 2 is 1.39 bits per heavy atom. The van der Waals surface area contributed by atoms with Crippen LogP contribution in [0, 0.1) is 5.92 Å². The monoisotopic (exact) mass is 648 g/mol. The summed E-state index contributed by atoms with van der Waals surface area (Å²) in [6.07, 6.45) is -4.26. The first kappa shape index (κ1) is 34.8. The van der Waals surface area contributed by atoms with Gasteiger partial charge in [-0.15, -0.1) is 0 Å². The molecule has 0 unspecified atom stereocenters. The molecule has 1 heterocycles. The number of benzene rings is 3. The standard InChI is InChI=1S/C36H40O9S/c1-24(2)25(3)31(37)21-32-30(23-46(40,41)29-18-12-7-13-19-29)34(42-4)33(45-32)20-28(44-36(39)27-16-10-6-11-17-27)22-43-35(38)26-14-8-5-9-15-26/h5-19,28,30-34,37H,1,3,20-23H2,2,4H3/t28-,30-,31-,32-,33+,34+/m0/s1. The van der Waals surface area contributed by atoms with E-state index in [4.69, 9.17) is 18.9 Å². The minimum Gasteiger partial charge on any atom is -0.458 e. The van der Waals surface area contributed by atoms with Crippen molar-refractivity contribution in [3.8, 4) is 0 Å². The number of hydrogen-bond donors (Lipinski definition) is 1. The van der Waals surface area contributed by atoms with Crippen molar-refractivity contribution in [2.45, 2.75) is 55.2 Å². The van der Waals surface area contributed by atoms with Gasteiger partial charge in [0.1, 0.15) is 12.7 Å². The molecule has 0 bridgehead atoms. The van der Waals surface area contributed by atoms with Crippen molar-refractivity contribution >= 4 is 21.8 Å². The van der Waals surface area contributed by atoms with E-state index in [1.54, 1.807) is 85.8 Å². The van der Waals surface area contributed by atoms with Crippen molar-refractivity contribution in [3.05, 3.63) is 126 Å². The summed E-state index contributed by atoms with van der Waals surface area (Å²) < 4.78 is 50.7. The maximum atomic E-state index is 13.5. The largest absolute Gasteiger partial charge is 0.458 e. The summed E-state index contributed by atoms with van der Waals surface area (Å²) in [4.78, 5) is 26.0. The summed E-state index contributed by atoms with van der Waals surface area (Å²) in [5, 5.41) is 10.9. The second kappa shape index (κ2) is 16.0. The van der Waals surface area contributed by atoms with Gasteiger partial charge in [0, 0.05) is 25.9 Å². The zero-order valence-corrected chi connectivity index (χ0v) is 26.8. The molecule has 0 aliphatic carbocycles. The average molecular weight is 649 g/mol. The van der Waals surface area contributed by atoms with Crippen LogP contribution in [0.25, 0.3) is 0 Å². The van der Waals surface area contributed by atoms with Crippen molar-refractivity contribution in [1.82, 2.24) is 0 Å². The van der Waals surface area contributed by atoms with Gasteiger partial charge < -0.3 is 24.1 Å². The maximum Gasteiger partial charge on any atom is 0.338 e. The van der Waals surface area contributed by atoms with Crippen LogP contribution in [-0.2, 0) is 28.8 Å². The summed E-state index contributed by atoms with van der Waals surface area (Å²) in [5.41, 5.74) is 1.64. The number of rotatable bonds is 15. The molecule has 244 valence electrons. The molecule has 0 aromatic heterocycles. The van der Waals surface area contributed by atoms with Crippen LogP contribution in [0.3, 0.4) is 0 Å². The summed E-state index contributed by atoms with van der Waals surface area (Å²) in [6, 6.07) is 24.9. The van der Waals surface area contributed by atoms with Crippen LogP contribution in [0.4, 0.5) is 0 Å². The summed E-state index contributed by atoms with van der Waals surface area (Å²) >= 11 is 0. The Morgan fingerprint density at radius 3 is 1.93 bits per heavy atom. The van der Waals surface area contributed by atoms with Crippen LogP contribution in [0.2, 0.25) is 0 Å². The minimum atomic E-state index is -3.79. The first-order chi connectivity index (χ1) is 22.0. The van der Waals surface area contributed by atoms with Crippen molar-refractivity contribution in [2.24, 2.45) is 5.92 Å². The lowest BCUT2D eigenvalue weighted by atomic mass is 9.90. The molecule has 4 rings (SSSR count). The fourth-order valence-electron chi connectivity index (χ4n) is 5.49. The van der Waals surface area contributed by atoms with Crippen LogP contribution >= 0.6 is 0 Å². The van der Waals surface area contributed by atoms with Gasteiger partial charge in [-0.3, -0.25) is 0 Å². The number of methoxy groups -OCH3 is 1. The highest BCUT2D eigenvalue weighted by atomic mass is 32.2. The number of carbonyl (C=O) groups is 2. The minimum absolute atomic E-state index is 0.0229. The number of aliphatic hydroxyl groups is 1. The molecule has 0 spiro atoms. The third kappa shape index (κ3) is 9.01. The fourth-order valence-corrected chi connectivity index (χ4v) is 7.17. The van der Waals surface area contributed by atoms with Gasteiger partial charge in [-0.2, -0.15) is 0 Å². The van der Waals surface area contributed by atoms with Gasteiger partial charge in [-0.05, 0) is 48.9 Å². The van der Waals surface area contributed by atoms with Crippen LogP contribution in [-0.4, -0.2) is 75.5 Å². The molecule has 3 aromatic carbocycles. The molecule has 6 atom stereocenters. The third-order valence-electron chi connectivity index (χ3n) is 8.00. The number of esters is 2.